The number of nitrogens with zero attached hydrogens (tertiary/aromatic N) is 1. The summed E-state index contributed by atoms with van der Waals surface area (Å²) in [6.07, 6.45) is 2.55. The lowest BCUT2D eigenvalue weighted by atomic mass is 9.66. The zero-order chi connectivity index (χ0) is 22.9. The SMILES string of the molecule is C/C(=C\c1ccc(CO)o1)CC[C@@H](O)C1=C(C(C)C)C[C@H]2C(=O)N(C)C(=O)[C@H]2[C@H]1CO. The van der Waals surface area contributed by atoms with Crippen LogP contribution in [-0.2, 0) is 16.2 Å². The Bertz CT molecular complexity index is 896. The fraction of sp³-hybridized carbons (Fsp3) is 0.583. The third-order valence-electron chi connectivity index (χ3n) is 6.63. The lowest BCUT2D eigenvalue weighted by Gasteiger charge is -2.38. The molecule has 7 nitrogen and oxygen atoms in total. The Kier molecular flexibility index (Phi) is 7.19. The second-order valence-corrected chi connectivity index (χ2v) is 9.00. The molecule has 4 atom stereocenters. The van der Waals surface area contributed by atoms with Gasteiger partial charge in [-0.25, -0.2) is 0 Å². The molecule has 2 aliphatic rings. The first-order valence-corrected chi connectivity index (χ1v) is 10.9. The maximum Gasteiger partial charge on any atom is 0.233 e. The van der Waals surface area contributed by atoms with Gasteiger partial charge in [-0.2, -0.15) is 0 Å². The first kappa shape index (κ1) is 23.4. The standard InChI is InChI=1S/C24H33NO6/c1-13(2)17-10-18-22(24(30)25(4)23(18)29)19(12-27)21(17)20(28)8-5-14(3)9-15-6-7-16(11-26)31-15/h6-7,9,13,18-20,22,26-28H,5,8,10-12H2,1-4H3/b14-9+/t18-,19+,20-,22-/m1/s1. The Morgan fingerprint density at radius 2 is 1.97 bits per heavy atom. The van der Waals surface area contributed by atoms with Gasteiger partial charge in [0, 0.05) is 13.0 Å². The monoisotopic (exact) mass is 431 g/mol. The Balaban J connectivity index is 1.82. The summed E-state index contributed by atoms with van der Waals surface area (Å²) in [5.74, 6) is -0.830. The van der Waals surface area contributed by atoms with Crippen molar-refractivity contribution in [2.75, 3.05) is 13.7 Å². The van der Waals surface area contributed by atoms with Crippen LogP contribution < -0.4 is 0 Å². The summed E-state index contributed by atoms with van der Waals surface area (Å²) in [7, 11) is 1.49. The number of hydrogen-bond acceptors (Lipinski definition) is 6. The number of carbonyl (C=O) groups excluding carboxylic acids is 2. The van der Waals surface area contributed by atoms with Crippen LogP contribution in [0.5, 0.6) is 0 Å². The molecule has 0 unspecified atom stereocenters. The van der Waals surface area contributed by atoms with Crippen LogP contribution in [0.1, 0.15) is 51.6 Å². The predicted molar refractivity (Wildman–Crippen MR) is 115 cm³/mol. The molecule has 1 aliphatic heterocycles. The number of furan rings is 1. The van der Waals surface area contributed by atoms with Gasteiger partial charge in [0.25, 0.3) is 0 Å². The molecule has 3 N–H and O–H groups in total. The number of carbonyl (C=O) groups is 2. The first-order valence-electron chi connectivity index (χ1n) is 10.9. The number of hydrogen-bond donors (Lipinski definition) is 3. The van der Waals surface area contributed by atoms with Gasteiger partial charge in [0.15, 0.2) is 0 Å². The smallest absolute Gasteiger partial charge is 0.233 e. The molecule has 31 heavy (non-hydrogen) atoms. The van der Waals surface area contributed by atoms with Gasteiger partial charge in [-0.05, 0) is 55.9 Å². The Morgan fingerprint density at radius 3 is 2.55 bits per heavy atom. The molecular formula is C24H33NO6. The summed E-state index contributed by atoms with van der Waals surface area (Å²) in [5.41, 5.74) is 2.71. The van der Waals surface area contributed by atoms with Gasteiger partial charge in [-0.1, -0.05) is 25.0 Å². The van der Waals surface area contributed by atoms with Gasteiger partial charge in [0.05, 0.1) is 24.5 Å². The number of rotatable bonds is 8. The van der Waals surface area contributed by atoms with Crippen LogP contribution in [-0.4, -0.2) is 51.8 Å². The molecule has 1 aliphatic carbocycles. The summed E-state index contributed by atoms with van der Waals surface area (Å²) in [4.78, 5) is 26.5. The Hall–Kier alpha value is -2.22. The molecule has 0 bridgehead atoms. The summed E-state index contributed by atoms with van der Waals surface area (Å²) in [6.45, 7) is 5.55. The van der Waals surface area contributed by atoms with Crippen LogP contribution in [0.2, 0.25) is 0 Å². The van der Waals surface area contributed by atoms with Crippen molar-refractivity contribution in [1.29, 1.82) is 0 Å². The molecule has 0 radical (unpaired) electrons. The first-order chi connectivity index (χ1) is 14.7. The van der Waals surface area contributed by atoms with Crippen molar-refractivity contribution in [2.45, 2.75) is 52.7 Å². The van der Waals surface area contributed by atoms with Crippen LogP contribution in [0, 0.1) is 23.7 Å². The molecule has 3 rings (SSSR count). The van der Waals surface area contributed by atoms with Gasteiger partial charge in [0.1, 0.15) is 18.1 Å². The maximum atomic E-state index is 12.7. The molecular weight excluding hydrogens is 398 g/mol. The normalized spacial score (nSPS) is 25.6. The van der Waals surface area contributed by atoms with Crippen molar-refractivity contribution in [1.82, 2.24) is 4.90 Å². The number of likely N-dealkylation sites (tertiary alicyclic amines) is 1. The van der Waals surface area contributed by atoms with Crippen LogP contribution in [0.4, 0.5) is 0 Å². The topological polar surface area (TPSA) is 111 Å². The highest BCUT2D eigenvalue weighted by atomic mass is 16.4. The average molecular weight is 432 g/mol. The lowest BCUT2D eigenvalue weighted by molar-refractivity contribution is -0.138. The molecule has 7 heteroatoms. The van der Waals surface area contributed by atoms with E-state index in [9.17, 15) is 19.8 Å². The van der Waals surface area contributed by atoms with Crippen molar-refractivity contribution in [3.63, 3.8) is 0 Å². The molecule has 1 aromatic rings. The molecule has 2 amide bonds. The minimum atomic E-state index is -0.808. The number of aliphatic hydroxyl groups is 3. The summed E-state index contributed by atoms with van der Waals surface area (Å²) >= 11 is 0. The van der Waals surface area contributed by atoms with Gasteiger partial charge < -0.3 is 19.7 Å². The zero-order valence-corrected chi connectivity index (χ0v) is 18.7. The van der Waals surface area contributed by atoms with Crippen LogP contribution in [0.3, 0.4) is 0 Å². The van der Waals surface area contributed by atoms with E-state index >= 15 is 0 Å². The highest BCUT2D eigenvalue weighted by molar-refractivity contribution is 6.05. The van der Waals surface area contributed by atoms with Gasteiger partial charge in [0.2, 0.25) is 11.8 Å². The second-order valence-electron chi connectivity index (χ2n) is 9.00. The van der Waals surface area contributed by atoms with Gasteiger partial charge in [-0.15, -0.1) is 0 Å². The van der Waals surface area contributed by atoms with Crippen LogP contribution >= 0.6 is 0 Å². The maximum absolute atomic E-state index is 12.7. The molecule has 0 spiro atoms. The van der Waals surface area contributed by atoms with Crippen molar-refractivity contribution >= 4 is 17.9 Å². The lowest BCUT2D eigenvalue weighted by Crippen LogP contribution is -2.39. The van der Waals surface area contributed by atoms with E-state index in [4.69, 9.17) is 9.52 Å². The fourth-order valence-corrected chi connectivity index (χ4v) is 4.99. The van der Waals surface area contributed by atoms with E-state index in [1.807, 2.05) is 26.8 Å². The van der Waals surface area contributed by atoms with E-state index in [0.717, 1.165) is 16.7 Å². The second kappa shape index (κ2) is 9.51. The highest BCUT2D eigenvalue weighted by Crippen LogP contribution is 2.47. The molecule has 0 aromatic carbocycles. The van der Waals surface area contributed by atoms with E-state index in [2.05, 4.69) is 0 Å². The number of fused-ring (bicyclic) bond motifs is 1. The highest BCUT2D eigenvalue weighted by Gasteiger charge is 2.53. The predicted octanol–water partition coefficient (Wildman–Crippen LogP) is 2.51. The third kappa shape index (κ3) is 4.54. The third-order valence-corrected chi connectivity index (χ3v) is 6.63. The summed E-state index contributed by atoms with van der Waals surface area (Å²) in [5, 5.41) is 30.4. The summed E-state index contributed by atoms with van der Waals surface area (Å²) < 4.78 is 5.48. The molecule has 1 aromatic heterocycles. The Morgan fingerprint density at radius 1 is 1.26 bits per heavy atom. The van der Waals surface area contributed by atoms with Crippen molar-refractivity contribution in [3.8, 4) is 0 Å². The van der Waals surface area contributed by atoms with Gasteiger partial charge in [-0.3, -0.25) is 14.5 Å². The van der Waals surface area contributed by atoms with Crippen LogP contribution in [0.25, 0.3) is 6.08 Å². The van der Waals surface area contributed by atoms with Crippen molar-refractivity contribution in [2.24, 2.45) is 23.7 Å². The quantitative estimate of drug-likeness (QED) is 0.431. The zero-order valence-electron chi connectivity index (χ0n) is 18.7. The molecule has 1 fully saturated rings. The average Bonchev–Trinajstić information content (AvgIpc) is 3.29. The van der Waals surface area contributed by atoms with E-state index < -0.39 is 23.9 Å². The van der Waals surface area contributed by atoms with E-state index in [1.54, 1.807) is 12.1 Å². The minimum Gasteiger partial charge on any atom is -0.459 e. The largest absolute Gasteiger partial charge is 0.459 e. The number of aliphatic hydroxyl groups excluding tert-OH is 3. The molecule has 2 heterocycles. The van der Waals surface area contributed by atoms with Gasteiger partial charge >= 0.3 is 0 Å². The number of allylic oxidation sites excluding steroid dienone is 2. The molecule has 1 saturated heterocycles. The molecule has 170 valence electrons. The molecule has 0 saturated carbocycles. The van der Waals surface area contributed by atoms with Crippen LogP contribution in [0.15, 0.2) is 33.3 Å². The number of amides is 2. The van der Waals surface area contributed by atoms with Crippen molar-refractivity contribution in [3.05, 3.63) is 40.4 Å². The minimum absolute atomic E-state index is 0.102. The van der Waals surface area contributed by atoms with E-state index in [0.29, 0.717) is 30.8 Å². The van der Waals surface area contributed by atoms with E-state index in [-0.39, 0.29) is 30.9 Å². The fourth-order valence-electron chi connectivity index (χ4n) is 4.99. The number of imide groups is 1. The van der Waals surface area contributed by atoms with E-state index in [1.165, 1.54) is 11.9 Å². The van der Waals surface area contributed by atoms with Crippen molar-refractivity contribution < 1.29 is 29.3 Å². The Labute approximate surface area is 183 Å². The summed E-state index contributed by atoms with van der Waals surface area (Å²) in [6, 6.07) is 3.50.